The molecule has 4 heteroatoms. The quantitative estimate of drug-likeness (QED) is 0.394. The molecular weight excluding hydrogens is 418 g/mol. The van der Waals surface area contributed by atoms with Gasteiger partial charge in [-0.2, -0.15) is 0 Å². The third-order valence-corrected chi connectivity index (χ3v) is 4.66. The van der Waals surface area contributed by atoms with Crippen LogP contribution < -0.4 is 0 Å². The van der Waals surface area contributed by atoms with Crippen molar-refractivity contribution in [1.29, 1.82) is 0 Å². The minimum absolute atomic E-state index is 0.0284. The molecule has 2 nitrogen and oxygen atoms in total. The van der Waals surface area contributed by atoms with Gasteiger partial charge in [0.05, 0.1) is 8.96 Å². The summed E-state index contributed by atoms with van der Waals surface area (Å²) in [6.07, 6.45) is 21.5. The van der Waals surface area contributed by atoms with Gasteiger partial charge in [-0.15, -0.1) is 6.58 Å². The molecule has 0 aromatic rings. The zero-order chi connectivity index (χ0) is 16.7. The Balaban J connectivity index is 1.93. The Bertz CT molecular complexity index is 623. The molecule has 23 heavy (non-hydrogen) atoms. The van der Waals surface area contributed by atoms with Crippen molar-refractivity contribution in [2.45, 2.75) is 19.3 Å². The van der Waals surface area contributed by atoms with E-state index < -0.39 is 0 Å². The average Bonchev–Trinajstić information content (AvgIpc) is 2.55. The molecule has 2 aliphatic rings. The van der Waals surface area contributed by atoms with Gasteiger partial charge in [0.15, 0.2) is 0 Å². The second-order valence-corrected chi connectivity index (χ2v) is 7.01. The molecule has 0 amide bonds. The molecule has 2 rings (SSSR count). The van der Waals surface area contributed by atoms with Gasteiger partial charge in [0.2, 0.25) is 5.78 Å². The average molecular weight is 437 g/mol. The Morgan fingerprint density at radius 2 is 1.61 bits per heavy atom. The van der Waals surface area contributed by atoms with Crippen LogP contribution in [0.15, 0.2) is 81.6 Å². The maximum atomic E-state index is 11.6. The molecule has 0 radical (unpaired) electrons. The number of halogens is 2. The van der Waals surface area contributed by atoms with Crippen LogP contribution in [0.5, 0.6) is 0 Å². The molecule has 0 N–H and O–H groups in total. The van der Waals surface area contributed by atoms with E-state index in [1.165, 1.54) is 6.42 Å². The van der Waals surface area contributed by atoms with Crippen molar-refractivity contribution in [2.24, 2.45) is 0 Å². The molecular formula is C19H19Br2NO. The first-order valence-corrected chi connectivity index (χ1v) is 9.13. The number of Topliss-reactive ketones (excluding diaryl/α,β-unsaturated/α-hetero) is 1. The molecule has 1 aliphatic carbocycles. The predicted molar refractivity (Wildman–Crippen MR) is 104 cm³/mol. The van der Waals surface area contributed by atoms with Gasteiger partial charge in [-0.1, -0.05) is 18.2 Å². The highest BCUT2D eigenvalue weighted by Gasteiger charge is 2.15. The van der Waals surface area contributed by atoms with Crippen LogP contribution in [0.1, 0.15) is 19.3 Å². The fourth-order valence-corrected chi connectivity index (χ4v) is 3.40. The standard InChI is InChI=1S/C19H19Br2NO/c1-2-3-4-5-10-22-11-8-15(9-12-22)6-7-16-13-17(20)19(23)18(21)14-16/h2,6-9,11-14H,1,3-5,10H2. The Morgan fingerprint density at radius 3 is 2.22 bits per heavy atom. The largest absolute Gasteiger partial charge is 0.354 e. The van der Waals surface area contributed by atoms with Crippen LogP contribution in [-0.2, 0) is 4.79 Å². The van der Waals surface area contributed by atoms with E-state index in [0.29, 0.717) is 8.96 Å². The first-order valence-electron chi connectivity index (χ1n) is 7.54. The topological polar surface area (TPSA) is 20.3 Å². The van der Waals surface area contributed by atoms with Crippen molar-refractivity contribution >= 4 is 37.6 Å². The predicted octanol–water partition coefficient (Wildman–Crippen LogP) is 5.68. The van der Waals surface area contributed by atoms with Gasteiger partial charge in [0.25, 0.3) is 0 Å². The molecule has 0 saturated carbocycles. The van der Waals surface area contributed by atoms with Crippen LogP contribution in [0, 0.1) is 0 Å². The van der Waals surface area contributed by atoms with Crippen LogP contribution in [-0.4, -0.2) is 17.2 Å². The Labute approximate surface area is 154 Å². The first kappa shape index (κ1) is 18.0. The number of carbonyl (C=O) groups is 1. The summed E-state index contributed by atoms with van der Waals surface area (Å²) in [5.74, 6) is -0.0284. The van der Waals surface area contributed by atoms with Crippen LogP contribution in [0.2, 0.25) is 0 Å². The van der Waals surface area contributed by atoms with Gasteiger partial charge in [0.1, 0.15) is 0 Å². The molecule has 0 atom stereocenters. The SMILES string of the molecule is C=CCCCCN1C=CC(=CC=C2C=C(Br)C(=O)C(Br)=C2)C=C1. The fraction of sp³-hybridized carbons (Fsp3) is 0.211. The summed E-state index contributed by atoms with van der Waals surface area (Å²) in [6.45, 7) is 4.77. The number of carbonyl (C=O) groups excluding carboxylic acids is 1. The number of nitrogens with zero attached hydrogens (tertiary/aromatic N) is 1. The van der Waals surface area contributed by atoms with Gasteiger partial charge < -0.3 is 4.90 Å². The number of ketones is 1. The molecule has 0 aromatic carbocycles. The highest BCUT2D eigenvalue weighted by atomic mass is 79.9. The molecule has 0 unspecified atom stereocenters. The summed E-state index contributed by atoms with van der Waals surface area (Å²) < 4.78 is 1.13. The van der Waals surface area contributed by atoms with E-state index >= 15 is 0 Å². The molecule has 0 spiro atoms. The lowest BCUT2D eigenvalue weighted by Crippen LogP contribution is -2.13. The van der Waals surface area contributed by atoms with E-state index in [1.807, 2.05) is 30.4 Å². The number of allylic oxidation sites excluding steroid dienone is 11. The lowest BCUT2D eigenvalue weighted by molar-refractivity contribution is -0.110. The molecule has 0 aromatic heterocycles. The van der Waals surface area contributed by atoms with Crippen molar-refractivity contribution in [3.63, 3.8) is 0 Å². The Hall–Kier alpha value is -1.39. The summed E-state index contributed by atoms with van der Waals surface area (Å²) in [7, 11) is 0. The monoisotopic (exact) mass is 435 g/mol. The Morgan fingerprint density at radius 1 is 1.00 bits per heavy atom. The van der Waals surface area contributed by atoms with Crippen LogP contribution in [0.3, 0.4) is 0 Å². The molecule has 0 saturated heterocycles. The smallest absolute Gasteiger partial charge is 0.206 e. The number of rotatable bonds is 6. The fourth-order valence-electron chi connectivity index (χ4n) is 2.18. The van der Waals surface area contributed by atoms with E-state index in [9.17, 15) is 4.79 Å². The minimum atomic E-state index is -0.0284. The third kappa shape index (κ3) is 5.63. The summed E-state index contributed by atoms with van der Waals surface area (Å²) in [6, 6.07) is 0. The molecule has 1 heterocycles. The zero-order valence-corrected chi connectivity index (χ0v) is 16.0. The van der Waals surface area contributed by atoms with Crippen molar-refractivity contribution < 1.29 is 4.79 Å². The second-order valence-electron chi connectivity index (χ2n) is 5.30. The normalized spacial score (nSPS) is 17.1. The number of unbranched alkanes of at least 4 members (excludes halogenated alkanes) is 2. The number of hydrogen-bond donors (Lipinski definition) is 0. The second kappa shape index (κ2) is 9.04. The first-order chi connectivity index (χ1) is 11.1. The van der Waals surface area contributed by atoms with Gasteiger partial charge in [-0.3, -0.25) is 4.79 Å². The van der Waals surface area contributed by atoms with E-state index in [0.717, 1.165) is 30.5 Å². The third-order valence-electron chi connectivity index (χ3n) is 3.48. The van der Waals surface area contributed by atoms with Gasteiger partial charge in [-0.05, 0) is 86.6 Å². The van der Waals surface area contributed by atoms with Crippen molar-refractivity contribution in [1.82, 2.24) is 4.90 Å². The molecule has 0 bridgehead atoms. The molecule has 0 fully saturated rings. The summed E-state index contributed by atoms with van der Waals surface area (Å²) >= 11 is 6.56. The van der Waals surface area contributed by atoms with Crippen LogP contribution >= 0.6 is 31.9 Å². The van der Waals surface area contributed by atoms with E-state index in [1.54, 1.807) is 0 Å². The highest BCUT2D eigenvalue weighted by molar-refractivity contribution is 9.13. The van der Waals surface area contributed by atoms with Gasteiger partial charge in [-0.25, -0.2) is 0 Å². The maximum absolute atomic E-state index is 11.6. The summed E-state index contributed by atoms with van der Waals surface area (Å²) in [5, 5.41) is 0. The van der Waals surface area contributed by atoms with E-state index in [2.05, 4.69) is 67.9 Å². The highest BCUT2D eigenvalue weighted by Crippen LogP contribution is 2.26. The molecule has 120 valence electrons. The van der Waals surface area contributed by atoms with Gasteiger partial charge in [0, 0.05) is 18.9 Å². The Kier molecular flexibility index (Phi) is 7.06. The molecule has 1 aliphatic heterocycles. The minimum Gasteiger partial charge on any atom is -0.354 e. The van der Waals surface area contributed by atoms with Crippen molar-refractivity contribution in [3.05, 3.63) is 81.6 Å². The zero-order valence-electron chi connectivity index (χ0n) is 12.8. The lowest BCUT2D eigenvalue weighted by Gasteiger charge is -2.18. The summed E-state index contributed by atoms with van der Waals surface area (Å²) in [5.41, 5.74) is 2.11. The maximum Gasteiger partial charge on any atom is 0.206 e. The summed E-state index contributed by atoms with van der Waals surface area (Å²) in [4.78, 5) is 13.8. The van der Waals surface area contributed by atoms with Crippen molar-refractivity contribution in [2.75, 3.05) is 6.54 Å². The van der Waals surface area contributed by atoms with Crippen molar-refractivity contribution in [3.8, 4) is 0 Å². The van der Waals surface area contributed by atoms with Gasteiger partial charge >= 0.3 is 0 Å². The van der Waals surface area contributed by atoms with E-state index in [4.69, 9.17) is 0 Å². The van der Waals surface area contributed by atoms with Crippen LogP contribution in [0.25, 0.3) is 0 Å². The lowest BCUT2D eigenvalue weighted by atomic mass is 10.1. The van der Waals surface area contributed by atoms with Crippen LogP contribution in [0.4, 0.5) is 0 Å². The van der Waals surface area contributed by atoms with E-state index in [-0.39, 0.29) is 5.78 Å². The number of hydrogen-bond acceptors (Lipinski definition) is 2.